The van der Waals surface area contributed by atoms with Crippen molar-refractivity contribution in [2.75, 3.05) is 12.4 Å². The Bertz CT molecular complexity index is 794. The molecule has 0 spiro atoms. The minimum absolute atomic E-state index is 0.0867. The van der Waals surface area contributed by atoms with E-state index in [0.717, 1.165) is 19.3 Å². The SMILES string of the molecule is COC(=O)C12CC(c3ccc(NC(=O)Oc4ccccc4)cc3)(C1)C2. The Labute approximate surface area is 145 Å². The number of para-hydroxylation sites is 1. The molecule has 25 heavy (non-hydrogen) atoms. The highest BCUT2D eigenvalue weighted by atomic mass is 16.6. The third kappa shape index (κ3) is 2.56. The molecule has 0 heterocycles. The molecule has 2 aromatic rings. The highest BCUT2D eigenvalue weighted by molar-refractivity contribution is 5.86. The molecule has 2 aromatic carbocycles. The fourth-order valence-corrected chi connectivity index (χ4v) is 4.17. The zero-order valence-corrected chi connectivity index (χ0v) is 14.0. The quantitative estimate of drug-likeness (QED) is 0.860. The number of ether oxygens (including phenoxy) is 2. The summed E-state index contributed by atoms with van der Waals surface area (Å²) in [6.45, 7) is 0. The molecule has 0 unspecified atom stereocenters. The number of benzene rings is 2. The van der Waals surface area contributed by atoms with Crippen molar-refractivity contribution in [2.24, 2.45) is 5.41 Å². The number of carbonyl (C=O) groups is 2. The molecule has 5 heteroatoms. The Balaban J connectivity index is 1.36. The van der Waals surface area contributed by atoms with Gasteiger partial charge < -0.3 is 9.47 Å². The molecule has 1 amide bonds. The highest BCUT2D eigenvalue weighted by Crippen LogP contribution is 2.73. The summed E-state index contributed by atoms with van der Waals surface area (Å²) in [4.78, 5) is 23.7. The molecular formula is C20H19NO4. The molecule has 0 saturated heterocycles. The molecule has 0 atom stereocenters. The van der Waals surface area contributed by atoms with Gasteiger partial charge in [-0.1, -0.05) is 30.3 Å². The van der Waals surface area contributed by atoms with Gasteiger partial charge in [0.1, 0.15) is 5.75 Å². The number of nitrogens with one attached hydrogen (secondary N) is 1. The fourth-order valence-electron chi connectivity index (χ4n) is 4.17. The van der Waals surface area contributed by atoms with Gasteiger partial charge in [0, 0.05) is 5.69 Å². The third-order valence-corrected chi connectivity index (χ3v) is 5.35. The Morgan fingerprint density at radius 3 is 2.20 bits per heavy atom. The van der Waals surface area contributed by atoms with Crippen molar-refractivity contribution in [3.8, 4) is 5.75 Å². The molecule has 2 bridgehead atoms. The second kappa shape index (κ2) is 5.62. The Hall–Kier alpha value is -2.82. The molecule has 0 aromatic heterocycles. The lowest BCUT2D eigenvalue weighted by atomic mass is 9.33. The second-order valence-corrected chi connectivity index (χ2v) is 6.99. The zero-order chi connectivity index (χ0) is 17.5. The second-order valence-electron chi connectivity index (χ2n) is 6.99. The molecule has 128 valence electrons. The summed E-state index contributed by atoms with van der Waals surface area (Å²) in [7, 11) is 1.45. The van der Waals surface area contributed by atoms with Gasteiger partial charge in [0.15, 0.2) is 0 Å². The van der Waals surface area contributed by atoms with Crippen molar-refractivity contribution in [3.63, 3.8) is 0 Å². The monoisotopic (exact) mass is 337 g/mol. The minimum Gasteiger partial charge on any atom is -0.469 e. The van der Waals surface area contributed by atoms with E-state index >= 15 is 0 Å². The highest BCUT2D eigenvalue weighted by Gasteiger charge is 2.72. The van der Waals surface area contributed by atoms with Gasteiger partial charge in [0.05, 0.1) is 12.5 Å². The fraction of sp³-hybridized carbons (Fsp3) is 0.300. The maximum absolute atomic E-state index is 11.9. The summed E-state index contributed by atoms with van der Waals surface area (Å²) in [6, 6.07) is 16.7. The predicted molar refractivity (Wildman–Crippen MR) is 92.5 cm³/mol. The van der Waals surface area contributed by atoms with Crippen LogP contribution in [0, 0.1) is 5.41 Å². The topological polar surface area (TPSA) is 64.6 Å². The van der Waals surface area contributed by atoms with E-state index in [1.807, 2.05) is 42.5 Å². The van der Waals surface area contributed by atoms with Crippen LogP contribution in [-0.2, 0) is 14.9 Å². The normalized spacial score (nSPS) is 26.0. The van der Waals surface area contributed by atoms with Crippen molar-refractivity contribution >= 4 is 17.7 Å². The van der Waals surface area contributed by atoms with E-state index in [1.165, 1.54) is 12.7 Å². The van der Waals surface area contributed by atoms with Crippen LogP contribution in [0.3, 0.4) is 0 Å². The first-order chi connectivity index (χ1) is 12.1. The lowest BCUT2D eigenvalue weighted by Crippen LogP contribution is -2.68. The first kappa shape index (κ1) is 15.7. The number of rotatable bonds is 4. The molecule has 0 aliphatic heterocycles. The third-order valence-electron chi connectivity index (χ3n) is 5.35. The standard InChI is InChI=1S/C20H19NO4/c1-24-17(22)20-11-19(12-20,13-20)14-7-9-15(10-8-14)21-18(23)25-16-5-3-2-4-6-16/h2-10H,11-13H2,1H3,(H,21,23). The van der Waals surface area contributed by atoms with Crippen molar-refractivity contribution in [3.05, 3.63) is 60.2 Å². The van der Waals surface area contributed by atoms with Crippen LogP contribution in [-0.4, -0.2) is 19.2 Å². The van der Waals surface area contributed by atoms with Crippen molar-refractivity contribution in [2.45, 2.75) is 24.7 Å². The van der Waals surface area contributed by atoms with Crippen LogP contribution < -0.4 is 10.1 Å². The van der Waals surface area contributed by atoms with Crippen LogP contribution in [0.2, 0.25) is 0 Å². The van der Waals surface area contributed by atoms with Crippen LogP contribution in [0.25, 0.3) is 0 Å². The van der Waals surface area contributed by atoms with Crippen molar-refractivity contribution in [1.82, 2.24) is 0 Å². The Morgan fingerprint density at radius 1 is 0.960 bits per heavy atom. The van der Waals surface area contributed by atoms with E-state index in [2.05, 4.69) is 5.32 Å². The van der Waals surface area contributed by atoms with E-state index < -0.39 is 6.09 Å². The van der Waals surface area contributed by atoms with Crippen LogP contribution >= 0.6 is 0 Å². The van der Waals surface area contributed by atoms with Gasteiger partial charge in [-0.2, -0.15) is 0 Å². The first-order valence-electron chi connectivity index (χ1n) is 8.28. The zero-order valence-electron chi connectivity index (χ0n) is 14.0. The van der Waals surface area contributed by atoms with Gasteiger partial charge in [-0.25, -0.2) is 4.79 Å². The molecule has 3 saturated carbocycles. The number of methoxy groups -OCH3 is 1. The number of hydrogen-bond donors (Lipinski definition) is 1. The lowest BCUT2D eigenvalue weighted by molar-refractivity contribution is -0.198. The minimum atomic E-state index is -0.519. The molecule has 1 N–H and O–H groups in total. The summed E-state index contributed by atoms with van der Waals surface area (Å²) in [5.41, 5.74) is 1.75. The van der Waals surface area contributed by atoms with Gasteiger partial charge in [0.2, 0.25) is 0 Å². The van der Waals surface area contributed by atoms with Gasteiger partial charge in [-0.05, 0) is 54.5 Å². The molecule has 0 radical (unpaired) electrons. The first-order valence-corrected chi connectivity index (χ1v) is 8.28. The molecule has 5 nitrogen and oxygen atoms in total. The average molecular weight is 337 g/mol. The average Bonchev–Trinajstić information content (AvgIpc) is 2.54. The van der Waals surface area contributed by atoms with Crippen LogP contribution in [0.1, 0.15) is 24.8 Å². The lowest BCUT2D eigenvalue weighted by Gasteiger charge is -2.68. The van der Waals surface area contributed by atoms with E-state index in [-0.39, 0.29) is 16.8 Å². The number of amides is 1. The van der Waals surface area contributed by atoms with E-state index in [9.17, 15) is 9.59 Å². The van der Waals surface area contributed by atoms with Gasteiger partial charge in [-0.15, -0.1) is 0 Å². The number of esters is 1. The van der Waals surface area contributed by atoms with Crippen molar-refractivity contribution in [1.29, 1.82) is 0 Å². The Kier molecular flexibility index (Phi) is 3.53. The maximum atomic E-state index is 11.9. The van der Waals surface area contributed by atoms with Gasteiger partial charge in [-0.3, -0.25) is 10.1 Å². The summed E-state index contributed by atoms with van der Waals surface area (Å²) >= 11 is 0. The summed E-state index contributed by atoms with van der Waals surface area (Å²) < 4.78 is 10.1. The molecule has 5 rings (SSSR count). The van der Waals surface area contributed by atoms with Crippen LogP contribution in [0.5, 0.6) is 5.75 Å². The maximum Gasteiger partial charge on any atom is 0.417 e. The largest absolute Gasteiger partial charge is 0.469 e. The number of carbonyl (C=O) groups excluding carboxylic acids is 2. The molecule has 3 fully saturated rings. The predicted octanol–water partition coefficient (Wildman–Crippen LogP) is 3.89. The van der Waals surface area contributed by atoms with E-state index in [0.29, 0.717) is 11.4 Å². The van der Waals surface area contributed by atoms with Crippen LogP contribution in [0.4, 0.5) is 10.5 Å². The summed E-state index contributed by atoms with van der Waals surface area (Å²) in [6.07, 6.45) is 2.05. The summed E-state index contributed by atoms with van der Waals surface area (Å²) in [5.74, 6) is 0.412. The Morgan fingerprint density at radius 2 is 1.60 bits per heavy atom. The molecular weight excluding hydrogens is 318 g/mol. The smallest absolute Gasteiger partial charge is 0.417 e. The van der Waals surface area contributed by atoms with Gasteiger partial charge >= 0.3 is 12.1 Å². The van der Waals surface area contributed by atoms with E-state index in [1.54, 1.807) is 12.1 Å². The van der Waals surface area contributed by atoms with Crippen LogP contribution in [0.15, 0.2) is 54.6 Å². The summed E-state index contributed by atoms with van der Waals surface area (Å²) in [5, 5.41) is 2.72. The van der Waals surface area contributed by atoms with Crippen molar-refractivity contribution < 1.29 is 19.1 Å². The molecule has 3 aliphatic rings. The number of hydrogen-bond acceptors (Lipinski definition) is 4. The number of anilines is 1. The van der Waals surface area contributed by atoms with Gasteiger partial charge in [0.25, 0.3) is 0 Å². The van der Waals surface area contributed by atoms with E-state index in [4.69, 9.17) is 9.47 Å². The molecule has 3 aliphatic carbocycles.